The number of benzene rings is 1. The Hall–Kier alpha value is -1.31. The first kappa shape index (κ1) is 33.7. The van der Waals surface area contributed by atoms with Crippen LogP contribution in [-0.4, -0.2) is 57.4 Å². The maximum absolute atomic E-state index is 12.3. The highest BCUT2D eigenvalue weighted by Gasteiger charge is 2.28. The summed E-state index contributed by atoms with van der Waals surface area (Å²) in [7, 11) is 0. The Bertz CT molecular complexity index is 631. The minimum absolute atomic E-state index is 0.00988. The Balaban J connectivity index is 2.58. The van der Waals surface area contributed by atoms with Gasteiger partial charge in [-0.15, -0.1) is 0 Å². The van der Waals surface area contributed by atoms with Gasteiger partial charge < -0.3 is 30.6 Å². The van der Waals surface area contributed by atoms with Crippen molar-refractivity contribution in [3.05, 3.63) is 35.9 Å². The molecule has 0 amide bonds. The minimum atomic E-state index is -0.629. The first-order valence-electron chi connectivity index (χ1n) is 15.0. The third kappa shape index (κ3) is 17.8. The molecular formula is C31H57N3O3. The summed E-state index contributed by atoms with van der Waals surface area (Å²) < 4.78 is 12.2. The second-order valence-corrected chi connectivity index (χ2v) is 10.4. The number of carbonyl (C=O) groups is 1. The van der Waals surface area contributed by atoms with Crippen molar-refractivity contribution in [3.63, 3.8) is 0 Å². The van der Waals surface area contributed by atoms with Crippen molar-refractivity contribution >= 4 is 6.29 Å². The predicted octanol–water partition coefficient (Wildman–Crippen LogP) is 5.78. The molecule has 0 bridgehead atoms. The molecule has 1 aromatic carbocycles. The van der Waals surface area contributed by atoms with Crippen LogP contribution in [0.2, 0.25) is 0 Å². The molecule has 6 nitrogen and oxygen atoms in total. The van der Waals surface area contributed by atoms with Gasteiger partial charge in [0.05, 0.1) is 18.2 Å². The molecule has 1 rings (SSSR count). The van der Waals surface area contributed by atoms with E-state index in [2.05, 4.69) is 36.6 Å². The highest BCUT2D eigenvalue weighted by Crippen LogP contribution is 2.14. The molecule has 0 aliphatic rings. The Morgan fingerprint density at radius 2 is 1.57 bits per heavy atom. The minimum Gasteiger partial charge on any atom is -0.379 e. The fourth-order valence-corrected chi connectivity index (χ4v) is 4.44. The highest BCUT2D eigenvalue weighted by molar-refractivity contribution is 5.64. The van der Waals surface area contributed by atoms with Gasteiger partial charge >= 0.3 is 0 Å². The van der Waals surface area contributed by atoms with E-state index >= 15 is 0 Å². The molecule has 1 aromatic rings. The number of rotatable bonds is 27. The summed E-state index contributed by atoms with van der Waals surface area (Å²) in [6, 6.07) is 10.2. The summed E-state index contributed by atoms with van der Waals surface area (Å²) >= 11 is 0. The van der Waals surface area contributed by atoms with Gasteiger partial charge in [-0.25, -0.2) is 0 Å². The molecular weight excluding hydrogens is 462 g/mol. The molecule has 0 saturated carbocycles. The van der Waals surface area contributed by atoms with Gasteiger partial charge in [0.15, 0.2) is 0 Å². The van der Waals surface area contributed by atoms with E-state index in [1.165, 1.54) is 56.9 Å². The van der Waals surface area contributed by atoms with Crippen molar-refractivity contribution in [2.24, 2.45) is 5.73 Å². The number of carbonyl (C=O) groups excluding carboxylic acids is 1. The van der Waals surface area contributed by atoms with Gasteiger partial charge in [0.1, 0.15) is 6.29 Å². The van der Waals surface area contributed by atoms with Crippen LogP contribution in [0.4, 0.5) is 0 Å². The van der Waals surface area contributed by atoms with Gasteiger partial charge in [0, 0.05) is 32.8 Å². The van der Waals surface area contributed by atoms with Crippen molar-refractivity contribution in [1.29, 1.82) is 0 Å². The molecule has 0 aromatic heterocycles. The fourth-order valence-electron chi connectivity index (χ4n) is 4.44. The summed E-state index contributed by atoms with van der Waals surface area (Å²) in [5.41, 5.74) is 6.27. The number of ether oxygens (including phenoxy) is 2. The van der Waals surface area contributed by atoms with Gasteiger partial charge in [-0.1, -0.05) is 95.5 Å². The monoisotopic (exact) mass is 519 g/mol. The molecule has 0 heterocycles. The number of hydrogen-bond acceptors (Lipinski definition) is 6. The summed E-state index contributed by atoms with van der Waals surface area (Å²) in [5, 5.41) is 7.08. The molecule has 0 spiro atoms. The molecule has 4 N–H and O–H groups in total. The molecule has 6 heteroatoms. The van der Waals surface area contributed by atoms with E-state index in [1.54, 1.807) is 0 Å². The van der Waals surface area contributed by atoms with Gasteiger partial charge in [-0.3, -0.25) is 0 Å². The third-order valence-electron chi connectivity index (χ3n) is 6.90. The lowest BCUT2D eigenvalue weighted by Gasteiger charge is -2.31. The Kier molecular flexibility index (Phi) is 21.7. The number of hydrogen-bond donors (Lipinski definition) is 3. The van der Waals surface area contributed by atoms with Crippen molar-refractivity contribution < 1.29 is 14.3 Å². The molecule has 0 aliphatic carbocycles. The highest BCUT2D eigenvalue weighted by atomic mass is 16.5. The Morgan fingerprint density at radius 3 is 2.22 bits per heavy atom. The smallest absolute Gasteiger partial charge is 0.141 e. The average Bonchev–Trinajstić information content (AvgIpc) is 2.93. The molecule has 0 fully saturated rings. The lowest BCUT2D eigenvalue weighted by Crippen LogP contribution is -2.54. The average molecular weight is 520 g/mol. The van der Waals surface area contributed by atoms with Crippen LogP contribution in [0.1, 0.15) is 103 Å². The van der Waals surface area contributed by atoms with Crippen LogP contribution in [0, 0.1) is 0 Å². The van der Waals surface area contributed by atoms with Gasteiger partial charge in [0.2, 0.25) is 0 Å². The van der Waals surface area contributed by atoms with Crippen LogP contribution in [0.25, 0.3) is 0 Å². The normalized spacial score (nSPS) is 13.9. The summed E-state index contributed by atoms with van der Waals surface area (Å²) in [6.45, 7) is 9.14. The van der Waals surface area contributed by atoms with Crippen LogP contribution in [0.15, 0.2) is 30.3 Å². The quantitative estimate of drug-likeness (QED) is 0.101. The number of nitrogens with two attached hydrogens (primary N) is 1. The first-order chi connectivity index (χ1) is 18.2. The molecule has 0 aliphatic heterocycles. The number of aldehydes is 1. The van der Waals surface area contributed by atoms with Gasteiger partial charge in [-0.2, -0.15) is 0 Å². The SMILES string of the molecule is CCCCCCCOCC(CNC[C@@](C=O)(CCCCN)NCc1ccccc1)OCCCCCCC. The summed E-state index contributed by atoms with van der Waals surface area (Å²) in [5.74, 6) is 0. The lowest BCUT2D eigenvalue weighted by molar-refractivity contribution is -0.113. The fraction of sp³-hybridized carbons (Fsp3) is 0.774. The zero-order valence-corrected chi connectivity index (χ0v) is 24.0. The molecule has 0 saturated heterocycles. The lowest BCUT2D eigenvalue weighted by atomic mass is 9.93. The second-order valence-electron chi connectivity index (χ2n) is 10.4. The van der Waals surface area contributed by atoms with Crippen LogP contribution in [-0.2, 0) is 20.8 Å². The van der Waals surface area contributed by atoms with Crippen molar-refractivity contribution in [3.8, 4) is 0 Å². The first-order valence-corrected chi connectivity index (χ1v) is 15.0. The van der Waals surface area contributed by atoms with Gasteiger partial charge in [-0.05, 0) is 44.2 Å². The number of nitrogens with one attached hydrogen (secondary N) is 2. The number of unbranched alkanes of at least 4 members (excludes halogenated alkanes) is 9. The van der Waals surface area contributed by atoms with Crippen molar-refractivity contribution in [2.75, 3.05) is 39.5 Å². The van der Waals surface area contributed by atoms with E-state index in [4.69, 9.17) is 15.2 Å². The maximum Gasteiger partial charge on any atom is 0.141 e. The largest absolute Gasteiger partial charge is 0.379 e. The van der Waals surface area contributed by atoms with E-state index < -0.39 is 5.54 Å². The standard InChI is InChI=1S/C31H57N3O3/c1-3-5-7-9-16-22-36-26-30(37-23-17-10-8-6-4-2)25-33-27-31(28-35,20-14-15-21-32)34-24-29-18-12-11-13-19-29/h11-13,18-19,28,30,33-34H,3-10,14-17,20-27,32H2,1-2H3/t30?,31-/m1/s1. The molecule has 214 valence electrons. The zero-order valence-electron chi connectivity index (χ0n) is 24.0. The molecule has 0 radical (unpaired) electrons. The summed E-state index contributed by atoms with van der Waals surface area (Å²) in [4.78, 5) is 12.3. The van der Waals surface area contributed by atoms with Crippen molar-refractivity contribution in [2.45, 2.75) is 116 Å². The van der Waals surface area contributed by atoms with Crippen LogP contribution in [0.5, 0.6) is 0 Å². The van der Waals surface area contributed by atoms with Crippen LogP contribution < -0.4 is 16.4 Å². The van der Waals surface area contributed by atoms with Crippen LogP contribution >= 0.6 is 0 Å². The Labute approximate surface area is 227 Å². The van der Waals surface area contributed by atoms with E-state index in [1.807, 2.05) is 18.2 Å². The molecule has 1 unspecified atom stereocenters. The third-order valence-corrected chi connectivity index (χ3v) is 6.90. The molecule has 2 atom stereocenters. The maximum atomic E-state index is 12.3. The van der Waals surface area contributed by atoms with Crippen LogP contribution in [0.3, 0.4) is 0 Å². The van der Waals surface area contributed by atoms with E-state index in [0.29, 0.717) is 32.8 Å². The van der Waals surface area contributed by atoms with Crippen molar-refractivity contribution in [1.82, 2.24) is 10.6 Å². The van der Waals surface area contributed by atoms with E-state index in [0.717, 1.165) is 51.6 Å². The Morgan fingerprint density at radius 1 is 0.892 bits per heavy atom. The van der Waals surface area contributed by atoms with E-state index in [9.17, 15) is 4.79 Å². The van der Waals surface area contributed by atoms with Gasteiger partial charge in [0.25, 0.3) is 0 Å². The summed E-state index contributed by atoms with van der Waals surface area (Å²) in [6.07, 6.45) is 16.0. The predicted molar refractivity (Wildman–Crippen MR) is 156 cm³/mol. The molecule has 37 heavy (non-hydrogen) atoms. The van der Waals surface area contributed by atoms with E-state index in [-0.39, 0.29) is 6.10 Å². The second kappa shape index (κ2) is 23.8. The topological polar surface area (TPSA) is 85.6 Å². The zero-order chi connectivity index (χ0) is 26.9.